The van der Waals surface area contributed by atoms with E-state index in [1.54, 1.807) is 24.3 Å². The van der Waals surface area contributed by atoms with E-state index in [0.717, 1.165) is 5.56 Å². The van der Waals surface area contributed by atoms with Gasteiger partial charge in [0.05, 0.1) is 17.6 Å². The van der Waals surface area contributed by atoms with Crippen LogP contribution in [0.1, 0.15) is 44.7 Å². The van der Waals surface area contributed by atoms with Crippen LogP contribution in [0.25, 0.3) is 0 Å². The van der Waals surface area contributed by atoms with E-state index in [9.17, 15) is 9.59 Å². The first kappa shape index (κ1) is 18.0. The van der Waals surface area contributed by atoms with Gasteiger partial charge in [0.15, 0.2) is 0 Å². The predicted molar refractivity (Wildman–Crippen MR) is 89.7 cm³/mol. The Kier molecular flexibility index (Phi) is 5.61. The summed E-state index contributed by atoms with van der Waals surface area (Å²) in [6.45, 7) is 7.15. The third-order valence-electron chi connectivity index (χ3n) is 4.22. The molecule has 0 atom stereocenters. The van der Waals surface area contributed by atoms with Crippen molar-refractivity contribution in [3.8, 4) is 6.07 Å². The van der Waals surface area contributed by atoms with Gasteiger partial charge in [-0.1, -0.05) is 32.9 Å². The summed E-state index contributed by atoms with van der Waals surface area (Å²) in [4.78, 5) is 26.3. The van der Waals surface area contributed by atoms with E-state index in [2.05, 4.69) is 6.07 Å². The number of rotatable bonds is 3. The Labute approximate surface area is 143 Å². The number of nitrogens with zero attached hydrogens (tertiary/aromatic N) is 2. The van der Waals surface area contributed by atoms with Crippen LogP contribution in [0.15, 0.2) is 24.3 Å². The van der Waals surface area contributed by atoms with Crippen molar-refractivity contribution in [1.29, 1.82) is 5.26 Å². The summed E-state index contributed by atoms with van der Waals surface area (Å²) < 4.78 is 5.38. The maximum atomic E-state index is 12.2. The van der Waals surface area contributed by atoms with Gasteiger partial charge >= 0.3 is 5.97 Å². The average Bonchev–Trinajstić information content (AvgIpc) is 2.58. The molecule has 1 amide bonds. The quantitative estimate of drug-likeness (QED) is 0.800. The molecule has 0 spiro atoms. The lowest BCUT2D eigenvalue weighted by Gasteiger charge is -2.34. The van der Waals surface area contributed by atoms with Crippen LogP contribution < -0.4 is 0 Å². The second kappa shape index (κ2) is 7.48. The number of carbonyl (C=O) groups excluding carboxylic acids is 2. The molecule has 5 heteroatoms. The van der Waals surface area contributed by atoms with Crippen LogP contribution in [0.3, 0.4) is 0 Å². The highest BCUT2D eigenvalue weighted by molar-refractivity contribution is 5.82. The van der Waals surface area contributed by atoms with Crippen LogP contribution >= 0.6 is 0 Å². The number of carbonyl (C=O) groups is 2. The minimum Gasteiger partial charge on any atom is -0.461 e. The van der Waals surface area contributed by atoms with Gasteiger partial charge in [-0.2, -0.15) is 5.26 Å². The number of piperidine rings is 1. The van der Waals surface area contributed by atoms with Gasteiger partial charge in [0.1, 0.15) is 6.61 Å². The monoisotopic (exact) mass is 328 g/mol. The number of nitriles is 1. The number of esters is 1. The van der Waals surface area contributed by atoms with Gasteiger partial charge in [-0.15, -0.1) is 0 Å². The van der Waals surface area contributed by atoms with Crippen molar-refractivity contribution >= 4 is 11.9 Å². The molecule has 1 aliphatic rings. The van der Waals surface area contributed by atoms with Crippen molar-refractivity contribution < 1.29 is 14.3 Å². The van der Waals surface area contributed by atoms with E-state index < -0.39 is 0 Å². The lowest BCUT2D eigenvalue weighted by molar-refractivity contribution is -0.154. The highest BCUT2D eigenvalue weighted by Gasteiger charge is 2.32. The molecule has 1 saturated heterocycles. The normalized spacial score (nSPS) is 15.7. The van der Waals surface area contributed by atoms with Crippen LogP contribution in [-0.4, -0.2) is 29.9 Å². The largest absolute Gasteiger partial charge is 0.461 e. The van der Waals surface area contributed by atoms with Gasteiger partial charge in [0, 0.05) is 18.5 Å². The molecule has 0 saturated carbocycles. The first-order chi connectivity index (χ1) is 11.3. The predicted octanol–water partition coefficient (Wildman–Crippen LogP) is 2.89. The van der Waals surface area contributed by atoms with Crippen molar-refractivity contribution in [2.24, 2.45) is 11.3 Å². The summed E-state index contributed by atoms with van der Waals surface area (Å²) in [5.41, 5.74) is 1.06. The highest BCUT2D eigenvalue weighted by atomic mass is 16.5. The molecule has 0 aromatic heterocycles. The Bertz CT molecular complexity index is 630. The molecule has 1 aromatic rings. The van der Waals surface area contributed by atoms with Crippen molar-refractivity contribution in [1.82, 2.24) is 4.90 Å². The molecule has 2 rings (SSSR count). The number of hydrogen-bond acceptors (Lipinski definition) is 4. The van der Waals surface area contributed by atoms with Gasteiger partial charge in [-0.25, -0.2) is 0 Å². The molecule has 5 nitrogen and oxygen atoms in total. The molecular weight excluding hydrogens is 304 g/mol. The van der Waals surface area contributed by atoms with E-state index in [1.165, 1.54) is 0 Å². The Hall–Kier alpha value is -2.35. The van der Waals surface area contributed by atoms with Crippen LogP contribution in [0.2, 0.25) is 0 Å². The molecule has 0 unspecified atom stereocenters. The topological polar surface area (TPSA) is 70.4 Å². The molecule has 1 aliphatic heterocycles. The summed E-state index contributed by atoms with van der Waals surface area (Å²) in [5, 5.41) is 8.76. The fourth-order valence-electron chi connectivity index (χ4n) is 2.74. The number of hydrogen-bond donors (Lipinski definition) is 0. The van der Waals surface area contributed by atoms with Gasteiger partial charge in [0.2, 0.25) is 5.91 Å². The molecular formula is C19H24N2O3. The lowest BCUT2D eigenvalue weighted by Crippen LogP contribution is -2.45. The van der Waals surface area contributed by atoms with Crippen molar-refractivity contribution in [3.05, 3.63) is 35.4 Å². The van der Waals surface area contributed by atoms with Crippen molar-refractivity contribution in [2.75, 3.05) is 13.1 Å². The third-order valence-corrected chi connectivity index (χ3v) is 4.22. The second-order valence-electron chi connectivity index (χ2n) is 7.23. The smallest absolute Gasteiger partial charge is 0.309 e. The Balaban J connectivity index is 1.80. The molecule has 128 valence electrons. The van der Waals surface area contributed by atoms with Crippen LogP contribution in [0.4, 0.5) is 0 Å². The SMILES string of the molecule is CC(C)(C)C(=O)N1CCC(C(=O)OCc2ccc(C#N)cc2)CC1. The fourth-order valence-corrected chi connectivity index (χ4v) is 2.74. The van der Waals surface area contributed by atoms with Crippen molar-refractivity contribution in [2.45, 2.75) is 40.2 Å². The van der Waals surface area contributed by atoms with Gasteiger partial charge in [-0.05, 0) is 30.5 Å². The van der Waals surface area contributed by atoms with E-state index in [0.29, 0.717) is 31.5 Å². The zero-order chi connectivity index (χ0) is 17.7. The minimum atomic E-state index is -0.386. The van der Waals surface area contributed by atoms with E-state index in [1.807, 2.05) is 25.7 Å². The van der Waals surface area contributed by atoms with E-state index in [-0.39, 0.29) is 29.8 Å². The minimum absolute atomic E-state index is 0.131. The molecule has 1 aromatic carbocycles. The third kappa shape index (κ3) is 4.58. The fraction of sp³-hybridized carbons (Fsp3) is 0.526. The Morgan fingerprint density at radius 1 is 1.21 bits per heavy atom. The summed E-state index contributed by atoms with van der Waals surface area (Å²) in [5.74, 6) is -0.221. The van der Waals surface area contributed by atoms with Crippen LogP contribution in [0, 0.1) is 22.7 Å². The van der Waals surface area contributed by atoms with Crippen LogP contribution in [0.5, 0.6) is 0 Å². The number of likely N-dealkylation sites (tertiary alicyclic amines) is 1. The summed E-state index contributed by atoms with van der Waals surface area (Å²) in [6, 6.07) is 9.05. The number of ether oxygens (including phenoxy) is 1. The Morgan fingerprint density at radius 2 is 1.79 bits per heavy atom. The Morgan fingerprint density at radius 3 is 2.29 bits per heavy atom. The van der Waals surface area contributed by atoms with E-state index in [4.69, 9.17) is 10.00 Å². The number of benzene rings is 1. The zero-order valence-electron chi connectivity index (χ0n) is 14.5. The second-order valence-corrected chi connectivity index (χ2v) is 7.23. The molecule has 0 radical (unpaired) electrons. The molecule has 24 heavy (non-hydrogen) atoms. The lowest BCUT2D eigenvalue weighted by atomic mass is 9.91. The molecule has 0 aliphatic carbocycles. The highest BCUT2D eigenvalue weighted by Crippen LogP contribution is 2.24. The summed E-state index contributed by atoms with van der Waals surface area (Å²) in [7, 11) is 0. The van der Waals surface area contributed by atoms with Gasteiger partial charge in [0.25, 0.3) is 0 Å². The molecule has 0 bridgehead atoms. The number of amides is 1. The zero-order valence-corrected chi connectivity index (χ0v) is 14.5. The maximum Gasteiger partial charge on any atom is 0.309 e. The van der Waals surface area contributed by atoms with Crippen LogP contribution in [-0.2, 0) is 20.9 Å². The standard InChI is InChI=1S/C19H24N2O3/c1-19(2,3)18(23)21-10-8-16(9-11-21)17(22)24-13-15-6-4-14(12-20)5-7-15/h4-7,16H,8-11,13H2,1-3H3. The first-order valence-corrected chi connectivity index (χ1v) is 8.26. The van der Waals surface area contributed by atoms with Crippen molar-refractivity contribution in [3.63, 3.8) is 0 Å². The first-order valence-electron chi connectivity index (χ1n) is 8.26. The average molecular weight is 328 g/mol. The van der Waals surface area contributed by atoms with Gasteiger partial charge in [-0.3, -0.25) is 9.59 Å². The summed E-state index contributed by atoms with van der Waals surface area (Å²) >= 11 is 0. The van der Waals surface area contributed by atoms with Gasteiger partial charge < -0.3 is 9.64 Å². The summed E-state index contributed by atoms with van der Waals surface area (Å²) in [6.07, 6.45) is 1.29. The van der Waals surface area contributed by atoms with E-state index >= 15 is 0 Å². The molecule has 1 fully saturated rings. The molecule has 1 heterocycles. The molecule has 0 N–H and O–H groups in total. The maximum absolute atomic E-state index is 12.2.